The highest BCUT2D eigenvalue weighted by Gasteiger charge is 2.14. The standard InChI is InChI=1S/C16H14N4O2S/c1-10-14(11(2)21)23-16(18-10)19-15(22)12-4-6-13(7-5-12)20-9-3-8-17-20/h3-9H,1-2H3,(H,18,19,22). The third-order valence-corrected chi connectivity index (χ3v) is 4.41. The van der Waals surface area contributed by atoms with E-state index < -0.39 is 0 Å². The molecule has 0 atom stereocenters. The molecule has 23 heavy (non-hydrogen) atoms. The van der Waals surface area contributed by atoms with Crippen molar-refractivity contribution in [3.8, 4) is 5.69 Å². The van der Waals surface area contributed by atoms with Gasteiger partial charge >= 0.3 is 0 Å². The maximum absolute atomic E-state index is 12.3. The van der Waals surface area contributed by atoms with Gasteiger partial charge in [-0.1, -0.05) is 11.3 Å². The number of amides is 1. The van der Waals surface area contributed by atoms with Crippen molar-refractivity contribution in [3.63, 3.8) is 0 Å². The summed E-state index contributed by atoms with van der Waals surface area (Å²) in [5, 5.41) is 7.28. The Hall–Kier alpha value is -2.80. The van der Waals surface area contributed by atoms with Crippen LogP contribution in [0.4, 0.5) is 5.13 Å². The van der Waals surface area contributed by atoms with Gasteiger partial charge in [-0.3, -0.25) is 14.9 Å². The number of carbonyl (C=O) groups is 2. The van der Waals surface area contributed by atoms with E-state index in [0.717, 1.165) is 5.69 Å². The van der Waals surface area contributed by atoms with Crippen LogP contribution in [0.5, 0.6) is 0 Å². The number of nitrogens with zero attached hydrogens (tertiary/aromatic N) is 3. The van der Waals surface area contributed by atoms with Crippen LogP contribution in [0.25, 0.3) is 5.69 Å². The molecule has 6 nitrogen and oxygen atoms in total. The van der Waals surface area contributed by atoms with Gasteiger partial charge in [0.15, 0.2) is 10.9 Å². The Morgan fingerprint density at radius 2 is 1.96 bits per heavy atom. The molecule has 7 heteroatoms. The van der Waals surface area contributed by atoms with E-state index in [9.17, 15) is 9.59 Å². The number of hydrogen-bond acceptors (Lipinski definition) is 5. The Morgan fingerprint density at radius 1 is 1.22 bits per heavy atom. The topological polar surface area (TPSA) is 76.9 Å². The van der Waals surface area contributed by atoms with Crippen molar-refractivity contribution in [1.29, 1.82) is 0 Å². The molecule has 3 aromatic rings. The molecule has 1 amide bonds. The van der Waals surface area contributed by atoms with Crippen LogP contribution < -0.4 is 5.32 Å². The van der Waals surface area contributed by atoms with Gasteiger partial charge in [0.25, 0.3) is 5.91 Å². The molecule has 0 aliphatic carbocycles. The lowest BCUT2D eigenvalue weighted by Gasteiger charge is -2.04. The molecule has 0 saturated carbocycles. The van der Waals surface area contributed by atoms with Gasteiger partial charge in [0.1, 0.15) is 0 Å². The number of carbonyl (C=O) groups excluding carboxylic acids is 2. The van der Waals surface area contributed by atoms with Gasteiger partial charge in [-0.2, -0.15) is 5.10 Å². The normalized spacial score (nSPS) is 10.5. The van der Waals surface area contributed by atoms with Crippen molar-refractivity contribution in [2.24, 2.45) is 0 Å². The van der Waals surface area contributed by atoms with E-state index >= 15 is 0 Å². The molecule has 0 unspecified atom stereocenters. The molecule has 1 N–H and O–H groups in total. The number of aryl methyl sites for hydroxylation is 1. The second-order valence-corrected chi connectivity index (χ2v) is 5.94. The smallest absolute Gasteiger partial charge is 0.257 e. The average molecular weight is 326 g/mol. The predicted octanol–water partition coefficient (Wildman–Crippen LogP) is 3.09. The summed E-state index contributed by atoms with van der Waals surface area (Å²) < 4.78 is 1.71. The number of anilines is 1. The highest BCUT2D eigenvalue weighted by molar-refractivity contribution is 7.17. The zero-order valence-electron chi connectivity index (χ0n) is 12.6. The Morgan fingerprint density at radius 3 is 2.52 bits per heavy atom. The highest BCUT2D eigenvalue weighted by Crippen LogP contribution is 2.23. The van der Waals surface area contributed by atoms with Gasteiger partial charge in [0.2, 0.25) is 0 Å². The first-order valence-corrected chi connectivity index (χ1v) is 7.76. The minimum atomic E-state index is -0.263. The molecule has 0 fully saturated rings. The molecule has 0 spiro atoms. The van der Waals surface area contributed by atoms with E-state index in [1.165, 1.54) is 18.3 Å². The van der Waals surface area contributed by atoms with Crippen LogP contribution in [0.15, 0.2) is 42.7 Å². The lowest BCUT2D eigenvalue weighted by atomic mass is 10.2. The number of hydrogen-bond donors (Lipinski definition) is 1. The quantitative estimate of drug-likeness (QED) is 0.747. The van der Waals surface area contributed by atoms with Crippen LogP contribution in [-0.4, -0.2) is 26.5 Å². The summed E-state index contributed by atoms with van der Waals surface area (Å²) in [6, 6.07) is 8.90. The van der Waals surface area contributed by atoms with Crippen molar-refractivity contribution in [2.45, 2.75) is 13.8 Å². The monoisotopic (exact) mass is 326 g/mol. The SMILES string of the molecule is CC(=O)c1sc(NC(=O)c2ccc(-n3cccn3)cc2)nc1C. The lowest BCUT2D eigenvalue weighted by molar-refractivity contribution is 0.101. The first kappa shape index (κ1) is 15.1. The predicted molar refractivity (Wildman–Crippen MR) is 88.4 cm³/mol. The number of ketones is 1. The second kappa shape index (κ2) is 6.13. The fourth-order valence-electron chi connectivity index (χ4n) is 2.13. The summed E-state index contributed by atoms with van der Waals surface area (Å²) in [5.41, 5.74) is 2.01. The summed E-state index contributed by atoms with van der Waals surface area (Å²) >= 11 is 1.19. The molecule has 116 valence electrons. The summed E-state index contributed by atoms with van der Waals surface area (Å²) in [5.74, 6) is -0.315. The Labute approximate surface area is 136 Å². The number of nitrogens with one attached hydrogen (secondary N) is 1. The maximum atomic E-state index is 12.3. The van der Waals surface area contributed by atoms with Crippen LogP contribution in [-0.2, 0) is 0 Å². The fraction of sp³-hybridized carbons (Fsp3) is 0.125. The van der Waals surface area contributed by atoms with E-state index in [1.54, 1.807) is 29.9 Å². The third kappa shape index (κ3) is 3.19. The number of thiazole rings is 1. The zero-order valence-corrected chi connectivity index (χ0v) is 13.4. The molecular formula is C16H14N4O2S. The van der Waals surface area contributed by atoms with E-state index in [-0.39, 0.29) is 11.7 Å². The summed E-state index contributed by atoms with van der Waals surface area (Å²) in [6.45, 7) is 3.24. The first-order valence-electron chi connectivity index (χ1n) is 6.94. The van der Waals surface area contributed by atoms with Crippen molar-refractivity contribution in [3.05, 3.63) is 58.9 Å². The minimum Gasteiger partial charge on any atom is -0.298 e. The number of rotatable bonds is 4. The van der Waals surface area contributed by atoms with E-state index in [0.29, 0.717) is 21.3 Å². The van der Waals surface area contributed by atoms with Crippen LogP contribution in [0.3, 0.4) is 0 Å². The van der Waals surface area contributed by atoms with Crippen molar-refractivity contribution >= 4 is 28.2 Å². The molecule has 1 aromatic carbocycles. The summed E-state index contributed by atoms with van der Waals surface area (Å²) in [7, 11) is 0. The Kier molecular flexibility index (Phi) is 4.03. The van der Waals surface area contributed by atoms with Gasteiger partial charge < -0.3 is 0 Å². The van der Waals surface area contributed by atoms with Crippen LogP contribution in [0.1, 0.15) is 32.6 Å². The molecular weight excluding hydrogens is 312 g/mol. The second-order valence-electron chi connectivity index (χ2n) is 4.94. The third-order valence-electron chi connectivity index (χ3n) is 3.24. The molecule has 0 saturated heterocycles. The minimum absolute atomic E-state index is 0.0518. The average Bonchev–Trinajstić information content (AvgIpc) is 3.17. The van der Waals surface area contributed by atoms with Gasteiger partial charge in [-0.25, -0.2) is 9.67 Å². The summed E-state index contributed by atoms with van der Waals surface area (Å²) in [6.07, 6.45) is 3.52. The number of aromatic nitrogens is 3. The van der Waals surface area contributed by atoms with Crippen LogP contribution in [0, 0.1) is 6.92 Å². The summed E-state index contributed by atoms with van der Waals surface area (Å²) in [4.78, 5) is 28.5. The van der Waals surface area contributed by atoms with Crippen molar-refractivity contribution in [2.75, 3.05) is 5.32 Å². The van der Waals surface area contributed by atoms with Crippen molar-refractivity contribution in [1.82, 2.24) is 14.8 Å². The van der Waals surface area contributed by atoms with Gasteiger partial charge in [-0.05, 0) is 37.3 Å². The lowest BCUT2D eigenvalue weighted by Crippen LogP contribution is -2.11. The fourth-order valence-corrected chi connectivity index (χ4v) is 2.99. The van der Waals surface area contributed by atoms with Gasteiger partial charge in [-0.15, -0.1) is 0 Å². The first-order chi connectivity index (χ1) is 11.0. The number of benzene rings is 1. The molecule has 2 heterocycles. The maximum Gasteiger partial charge on any atom is 0.257 e. The van der Waals surface area contributed by atoms with E-state index in [1.807, 2.05) is 24.4 Å². The molecule has 0 radical (unpaired) electrons. The number of Topliss-reactive ketones (excluding diaryl/α,β-unsaturated/α-hetero) is 1. The van der Waals surface area contributed by atoms with Gasteiger partial charge in [0.05, 0.1) is 16.3 Å². The zero-order chi connectivity index (χ0) is 16.4. The van der Waals surface area contributed by atoms with E-state index in [2.05, 4.69) is 15.4 Å². The Balaban J connectivity index is 1.76. The van der Waals surface area contributed by atoms with Crippen molar-refractivity contribution < 1.29 is 9.59 Å². The Bertz CT molecular complexity index is 851. The van der Waals surface area contributed by atoms with Crippen LogP contribution >= 0.6 is 11.3 Å². The highest BCUT2D eigenvalue weighted by atomic mass is 32.1. The van der Waals surface area contributed by atoms with E-state index in [4.69, 9.17) is 0 Å². The molecule has 0 aliphatic rings. The molecule has 0 bridgehead atoms. The molecule has 3 rings (SSSR count). The van der Waals surface area contributed by atoms with Gasteiger partial charge in [0, 0.05) is 24.9 Å². The molecule has 2 aromatic heterocycles. The molecule has 0 aliphatic heterocycles. The van der Waals surface area contributed by atoms with Crippen LogP contribution in [0.2, 0.25) is 0 Å². The largest absolute Gasteiger partial charge is 0.298 e.